The number of aliphatic hydroxyl groups excluding tert-OH is 3. The van der Waals surface area contributed by atoms with Gasteiger partial charge in [-0.05, 0) is 0 Å². The zero-order valence-electron chi connectivity index (χ0n) is 12.8. The molecule has 1 amide bonds. The Balaban J connectivity index is 3.02. The number of phosphoric ester groups is 1. The van der Waals surface area contributed by atoms with E-state index in [1.807, 2.05) is 0 Å². The third kappa shape index (κ3) is 5.95. The maximum atomic E-state index is 11.2. The highest BCUT2D eigenvalue weighted by Gasteiger charge is 2.50. The summed E-state index contributed by atoms with van der Waals surface area (Å²) in [5.74, 6) is -5.93. The highest BCUT2D eigenvalue weighted by molar-refractivity contribution is 7.43. The molecule has 0 aromatic carbocycles. The summed E-state index contributed by atoms with van der Waals surface area (Å²) < 4.78 is 18.9. The van der Waals surface area contributed by atoms with Gasteiger partial charge in [0.15, 0.2) is 0 Å². The number of carboxylic acid groups (broad SMARTS) is 1. The van der Waals surface area contributed by atoms with Gasteiger partial charge in [-0.3, -0.25) is 4.79 Å². The van der Waals surface area contributed by atoms with Gasteiger partial charge in [0.05, 0.1) is 26.6 Å². The smallest absolute Gasteiger partial charge is 0.217 e. The number of carbonyl (C=O) groups is 2. The van der Waals surface area contributed by atoms with Crippen LogP contribution < -0.4 is 20.2 Å². The van der Waals surface area contributed by atoms with E-state index in [0.29, 0.717) is 0 Å². The van der Waals surface area contributed by atoms with Crippen molar-refractivity contribution in [3.05, 3.63) is 0 Å². The summed E-state index contributed by atoms with van der Waals surface area (Å²) in [4.78, 5) is 42.9. The first-order valence-electron chi connectivity index (χ1n) is 6.86. The fourth-order valence-electron chi connectivity index (χ4n) is 2.29. The van der Waals surface area contributed by atoms with Gasteiger partial charge in [0.1, 0.15) is 24.3 Å². The number of carboxylic acids is 1. The Morgan fingerprint density at radius 3 is 2.44 bits per heavy atom. The van der Waals surface area contributed by atoms with Gasteiger partial charge in [-0.25, -0.2) is 0 Å². The van der Waals surface area contributed by atoms with Crippen molar-refractivity contribution < 1.29 is 58.7 Å². The molecule has 0 aromatic heterocycles. The molecule has 0 aromatic rings. The standard InChI is InChI=1S/C11H20NO12P/c1-4(13)12-7-5(14)2-11(19,10(17)18)24-9(7)8(16)6(15)3-23-25(20,21)22/h5-9,14-16,19H,2-3H2,1H3,(H,12,13)(H,17,18)(H2,20,21,22)/p-3/t5-,6?,7+,8+,9+,11?/m0/s1. The van der Waals surface area contributed by atoms with Gasteiger partial charge in [0.2, 0.25) is 11.7 Å². The Labute approximate surface area is 141 Å². The normalized spacial score (nSPS) is 32.7. The molecule has 1 saturated heterocycles. The van der Waals surface area contributed by atoms with Gasteiger partial charge < -0.3 is 59.3 Å². The second-order valence-electron chi connectivity index (χ2n) is 5.45. The van der Waals surface area contributed by atoms with Crippen molar-refractivity contribution in [1.82, 2.24) is 5.32 Å². The molecule has 13 nitrogen and oxygen atoms in total. The Morgan fingerprint density at radius 1 is 1.44 bits per heavy atom. The molecule has 1 fully saturated rings. The van der Waals surface area contributed by atoms with Crippen molar-refractivity contribution in [3.63, 3.8) is 0 Å². The average Bonchev–Trinajstić information content (AvgIpc) is 2.45. The highest BCUT2D eigenvalue weighted by Crippen LogP contribution is 2.31. The Kier molecular flexibility index (Phi) is 7.03. The summed E-state index contributed by atoms with van der Waals surface area (Å²) in [6, 6.07) is -1.48. The second-order valence-corrected chi connectivity index (χ2v) is 6.61. The van der Waals surface area contributed by atoms with E-state index in [9.17, 15) is 49.5 Å². The number of carbonyl (C=O) groups excluding carboxylic acids is 2. The first-order chi connectivity index (χ1) is 11.3. The summed E-state index contributed by atoms with van der Waals surface area (Å²) in [5.41, 5.74) is 0. The molecule has 25 heavy (non-hydrogen) atoms. The third-order valence-corrected chi connectivity index (χ3v) is 3.87. The summed E-state index contributed by atoms with van der Waals surface area (Å²) in [6.45, 7) is -0.182. The lowest BCUT2D eigenvalue weighted by Crippen LogP contribution is -2.68. The average molecular weight is 386 g/mol. The van der Waals surface area contributed by atoms with Gasteiger partial charge in [-0.15, -0.1) is 0 Å². The number of ether oxygens (including phenoxy) is 1. The molecule has 0 bridgehead atoms. The van der Waals surface area contributed by atoms with Crippen molar-refractivity contribution >= 4 is 19.7 Å². The van der Waals surface area contributed by atoms with Crippen molar-refractivity contribution in [2.45, 2.75) is 49.6 Å². The number of hydrogen-bond acceptors (Lipinski definition) is 12. The molecular formula is C11H17NO12P-3. The quantitative estimate of drug-likeness (QED) is 0.257. The summed E-state index contributed by atoms with van der Waals surface area (Å²) in [5, 5.41) is 52.6. The molecule has 0 radical (unpaired) electrons. The molecule has 0 aliphatic carbocycles. The topological polar surface area (TPSA) is 232 Å². The van der Waals surface area contributed by atoms with Gasteiger partial charge in [-0.2, -0.15) is 0 Å². The van der Waals surface area contributed by atoms with Gasteiger partial charge in [0.25, 0.3) is 0 Å². The lowest BCUT2D eigenvalue weighted by Gasteiger charge is -2.47. The van der Waals surface area contributed by atoms with Crippen LogP contribution in [0.3, 0.4) is 0 Å². The van der Waals surface area contributed by atoms with Crippen LogP contribution in [0.4, 0.5) is 0 Å². The molecule has 1 aliphatic rings. The van der Waals surface area contributed by atoms with E-state index >= 15 is 0 Å². The minimum atomic E-state index is -5.48. The largest absolute Gasteiger partial charge is 0.790 e. The maximum absolute atomic E-state index is 11.2. The van der Waals surface area contributed by atoms with E-state index in [1.54, 1.807) is 0 Å². The van der Waals surface area contributed by atoms with Crippen LogP contribution in [0.2, 0.25) is 0 Å². The molecule has 14 heteroatoms. The molecule has 1 aliphatic heterocycles. The lowest BCUT2D eigenvalue weighted by molar-refractivity contribution is -0.374. The number of nitrogens with one attached hydrogen (secondary N) is 1. The van der Waals surface area contributed by atoms with Crippen LogP contribution in [0.1, 0.15) is 13.3 Å². The van der Waals surface area contributed by atoms with E-state index in [4.69, 9.17) is 4.74 Å². The molecule has 0 saturated carbocycles. The fraction of sp³-hybridized carbons (Fsp3) is 0.818. The third-order valence-electron chi connectivity index (χ3n) is 3.41. The number of hydrogen-bond donors (Lipinski definition) is 5. The maximum Gasteiger partial charge on any atom is 0.217 e. The van der Waals surface area contributed by atoms with E-state index in [2.05, 4.69) is 9.84 Å². The number of aliphatic hydroxyl groups is 4. The molecule has 0 spiro atoms. The van der Waals surface area contributed by atoms with Crippen molar-refractivity contribution in [1.29, 1.82) is 0 Å². The van der Waals surface area contributed by atoms with E-state index in [0.717, 1.165) is 6.92 Å². The molecule has 5 N–H and O–H groups in total. The predicted octanol–water partition coefficient (Wildman–Crippen LogP) is -6.35. The lowest BCUT2D eigenvalue weighted by atomic mass is 9.88. The zero-order valence-corrected chi connectivity index (χ0v) is 13.7. The van der Waals surface area contributed by atoms with Crippen LogP contribution >= 0.6 is 7.82 Å². The SMILES string of the molecule is CC(=O)N[C@H]1[C@H]([C@H](O)C(O)COP(=O)([O-])[O-])OC(O)(C(=O)[O-])C[C@@H]1O. The fourth-order valence-corrected chi connectivity index (χ4v) is 2.62. The van der Waals surface area contributed by atoms with E-state index < -0.39 is 69.0 Å². The van der Waals surface area contributed by atoms with Gasteiger partial charge in [0, 0.05) is 13.3 Å². The minimum Gasteiger partial charge on any atom is -0.790 e. The van der Waals surface area contributed by atoms with Crippen LogP contribution in [0.5, 0.6) is 0 Å². The zero-order chi connectivity index (χ0) is 19.6. The minimum absolute atomic E-state index is 0.724. The van der Waals surface area contributed by atoms with Crippen molar-refractivity contribution in [3.8, 4) is 0 Å². The molecule has 1 rings (SSSR count). The van der Waals surface area contributed by atoms with Gasteiger partial charge >= 0.3 is 0 Å². The van der Waals surface area contributed by atoms with Crippen LogP contribution in [-0.2, 0) is 23.4 Å². The Morgan fingerprint density at radius 2 is 2.00 bits per heavy atom. The number of phosphoric acid groups is 1. The van der Waals surface area contributed by atoms with Crippen molar-refractivity contribution in [2.75, 3.05) is 6.61 Å². The monoisotopic (exact) mass is 386 g/mol. The predicted molar refractivity (Wildman–Crippen MR) is 68.6 cm³/mol. The second kappa shape index (κ2) is 8.03. The summed E-state index contributed by atoms with van der Waals surface area (Å²) in [7, 11) is -5.48. The molecule has 6 atom stereocenters. The highest BCUT2D eigenvalue weighted by atomic mass is 31.2. The summed E-state index contributed by atoms with van der Waals surface area (Å²) in [6.07, 6.45) is -8.84. The Bertz CT molecular complexity index is 551. The van der Waals surface area contributed by atoms with Crippen LogP contribution in [0.15, 0.2) is 0 Å². The first-order valence-corrected chi connectivity index (χ1v) is 8.32. The van der Waals surface area contributed by atoms with E-state index in [1.165, 1.54) is 0 Å². The summed E-state index contributed by atoms with van der Waals surface area (Å²) >= 11 is 0. The number of amides is 1. The van der Waals surface area contributed by atoms with Crippen LogP contribution in [0, 0.1) is 0 Å². The van der Waals surface area contributed by atoms with Crippen LogP contribution in [-0.4, -0.2) is 75.2 Å². The molecule has 2 unspecified atom stereocenters. The number of rotatable bonds is 7. The first kappa shape index (κ1) is 21.9. The van der Waals surface area contributed by atoms with Crippen LogP contribution in [0.25, 0.3) is 0 Å². The van der Waals surface area contributed by atoms with Gasteiger partial charge in [-0.1, -0.05) is 0 Å². The number of aliphatic carboxylic acids is 1. The van der Waals surface area contributed by atoms with E-state index in [-0.39, 0.29) is 0 Å². The molecule has 1 heterocycles. The van der Waals surface area contributed by atoms with Crippen molar-refractivity contribution in [2.24, 2.45) is 0 Å². The molecular weight excluding hydrogens is 369 g/mol. The Hall–Kier alpha value is -1.15. The molecule has 146 valence electrons.